The zero-order valence-electron chi connectivity index (χ0n) is 8.85. The molecule has 0 bridgehead atoms. The minimum atomic E-state index is 1.12. The maximum absolute atomic E-state index is 3.96. The van der Waals surface area contributed by atoms with Crippen LogP contribution in [0.5, 0.6) is 0 Å². The molecular weight excluding hydrogens is 156 g/mol. The van der Waals surface area contributed by atoms with Crippen molar-refractivity contribution in [2.24, 2.45) is 0 Å². The summed E-state index contributed by atoms with van der Waals surface area (Å²) in [7, 11) is 0. The first-order valence-corrected chi connectivity index (χ1v) is 4.38. The van der Waals surface area contributed by atoms with Gasteiger partial charge in [-0.25, -0.2) is 0 Å². The van der Waals surface area contributed by atoms with Gasteiger partial charge in [-0.05, 0) is 42.3 Å². The lowest BCUT2D eigenvalue weighted by atomic mass is 10.1. The summed E-state index contributed by atoms with van der Waals surface area (Å²) in [5, 5.41) is 2.40. The Morgan fingerprint density at radius 3 is 2.08 bits per heavy atom. The molecule has 13 heavy (non-hydrogen) atoms. The largest absolute Gasteiger partial charge is 0.106 e. The van der Waals surface area contributed by atoms with Gasteiger partial charge in [0.05, 0.1) is 0 Å². The second kappa shape index (κ2) is 5.36. The van der Waals surface area contributed by atoms with E-state index in [0.29, 0.717) is 0 Å². The van der Waals surface area contributed by atoms with Crippen LogP contribution in [-0.2, 0) is 0 Å². The average molecular weight is 174 g/mol. The van der Waals surface area contributed by atoms with E-state index >= 15 is 0 Å². The summed E-state index contributed by atoms with van der Waals surface area (Å²) in [6, 6.07) is 4.18. The van der Waals surface area contributed by atoms with Crippen molar-refractivity contribution >= 4 is 12.7 Å². The Morgan fingerprint density at radius 2 is 1.69 bits per heavy atom. The molecular formula is C13H18. The van der Waals surface area contributed by atoms with Gasteiger partial charge in [0.15, 0.2) is 0 Å². The van der Waals surface area contributed by atoms with Gasteiger partial charge in [0.1, 0.15) is 0 Å². The van der Waals surface area contributed by atoms with E-state index in [9.17, 15) is 0 Å². The molecule has 0 nitrogen and oxygen atoms in total. The summed E-state index contributed by atoms with van der Waals surface area (Å²) in [5.41, 5.74) is 2.69. The molecule has 0 aromatic heterocycles. The molecule has 0 atom stereocenters. The summed E-state index contributed by atoms with van der Waals surface area (Å²) in [6.45, 7) is 16.3. The summed E-state index contributed by atoms with van der Waals surface area (Å²) in [4.78, 5) is 0. The lowest BCUT2D eigenvalue weighted by Crippen LogP contribution is -2.26. The van der Waals surface area contributed by atoms with Gasteiger partial charge in [0.25, 0.3) is 0 Å². The minimum Gasteiger partial charge on any atom is -0.106 e. The van der Waals surface area contributed by atoms with Crippen molar-refractivity contribution in [3.8, 4) is 0 Å². The number of aryl methyl sites for hydroxylation is 1. The van der Waals surface area contributed by atoms with Gasteiger partial charge in [0, 0.05) is 0 Å². The molecule has 0 fully saturated rings. The molecule has 0 saturated carbocycles. The molecule has 0 radical (unpaired) electrons. The molecule has 0 aliphatic heterocycles. The second-order valence-corrected chi connectivity index (χ2v) is 2.87. The molecule has 0 heteroatoms. The van der Waals surface area contributed by atoms with E-state index in [1.165, 1.54) is 16.3 Å². The van der Waals surface area contributed by atoms with Gasteiger partial charge in [-0.1, -0.05) is 24.8 Å². The van der Waals surface area contributed by atoms with Crippen LogP contribution < -0.4 is 10.4 Å². The highest BCUT2D eigenvalue weighted by Crippen LogP contribution is 1.95. The van der Waals surface area contributed by atoms with E-state index in [1.54, 1.807) is 0 Å². The van der Waals surface area contributed by atoms with Crippen LogP contribution in [0.3, 0.4) is 0 Å². The van der Waals surface area contributed by atoms with Crippen LogP contribution in [0.2, 0.25) is 0 Å². The zero-order valence-corrected chi connectivity index (χ0v) is 8.85. The first kappa shape index (κ1) is 11.7. The lowest BCUT2D eigenvalue weighted by molar-refractivity contribution is 1.28. The summed E-state index contributed by atoms with van der Waals surface area (Å²) < 4.78 is 0. The second-order valence-electron chi connectivity index (χ2n) is 2.87. The van der Waals surface area contributed by atoms with Gasteiger partial charge in [-0.3, -0.25) is 0 Å². The van der Waals surface area contributed by atoms with E-state index in [0.717, 1.165) is 5.22 Å². The first-order chi connectivity index (χ1) is 6.16. The Morgan fingerprint density at radius 1 is 1.15 bits per heavy atom. The Kier molecular flexibility index (Phi) is 4.83. The van der Waals surface area contributed by atoms with Crippen molar-refractivity contribution in [3.05, 3.63) is 46.9 Å². The molecule has 1 aromatic carbocycles. The van der Waals surface area contributed by atoms with Crippen LogP contribution in [0.25, 0.3) is 12.7 Å². The van der Waals surface area contributed by atoms with Gasteiger partial charge in [-0.15, -0.1) is 13.2 Å². The van der Waals surface area contributed by atoms with Gasteiger partial charge >= 0.3 is 0 Å². The van der Waals surface area contributed by atoms with Crippen LogP contribution in [0.4, 0.5) is 0 Å². The molecule has 0 amide bonds. The number of hydrogen-bond acceptors (Lipinski definition) is 0. The van der Waals surface area contributed by atoms with Crippen LogP contribution in [0.1, 0.15) is 18.1 Å². The Labute approximate surface area is 80.9 Å². The SMILES string of the molecule is C=C.C=c1ccc(C)c(C)/c1=C/C. The molecule has 0 N–H and O–H groups in total. The highest BCUT2D eigenvalue weighted by molar-refractivity contribution is 5.34. The molecule has 70 valence electrons. The highest BCUT2D eigenvalue weighted by Gasteiger charge is 1.91. The fourth-order valence-electron chi connectivity index (χ4n) is 1.30. The Bertz CT molecular complexity index is 372. The summed E-state index contributed by atoms with van der Waals surface area (Å²) >= 11 is 0. The van der Waals surface area contributed by atoms with Crippen molar-refractivity contribution in [1.29, 1.82) is 0 Å². The first-order valence-electron chi connectivity index (χ1n) is 4.38. The monoisotopic (exact) mass is 174 g/mol. The van der Waals surface area contributed by atoms with E-state index < -0.39 is 0 Å². The third kappa shape index (κ3) is 2.59. The van der Waals surface area contributed by atoms with Crippen molar-refractivity contribution in [3.63, 3.8) is 0 Å². The van der Waals surface area contributed by atoms with Crippen molar-refractivity contribution in [2.45, 2.75) is 20.8 Å². The highest BCUT2D eigenvalue weighted by atomic mass is 14.0. The summed E-state index contributed by atoms with van der Waals surface area (Å²) in [5.74, 6) is 0. The van der Waals surface area contributed by atoms with Gasteiger partial charge in [0.2, 0.25) is 0 Å². The molecule has 0 heterocycles. The molecule has 1 aromatic rings. The van der Waals surface area contributed by atoms with Crippen molar-refractivity contribution < 1.29 is 0 Å². The lowest BCUT2D eigenvalue weighted by Gasteiger charge is -1.99. The third-order valence-corrected chi connectivity index (χ3v) is 2.16. The Balaban J connectivity index is 0.000000671. The zero-order chi connectivity index (χ0) is 10.4. The van der Waals surface area contributed by atoms with Crippen LogP contribution >= 0.6 is 0 Å². The number of benzene rings is 1. The van der Waals surface area contributed by atoms with Crippen LogP contribution in [-0.4, -0.2) is 0 Å². The minimum absolute atomic E-state index is 1.12. The standard InChI is InChI=1S/C11H14.C2H4/c1-5-11-9(3)7-6-8(2)10(11)4;1-2/h5-7H,3H2,1-2,4H3;1-2H2/b11-5+;. The Hall–Kier alpha value is -1.30. The quantitative estimate of drug-likeness (QED) is 0.529. The maximum Gasteiger partial charge on any atom is -0.0201 e. The molecule has 0 spiro atoms. The fraction of sp³-hybridized carbons (Fsp3) is 0.231. The topological polar surface area (TPSA) is 0 Å². The number of hydrogen-bond donors (Lipinski definition) is 0. The maximum atomic E-state index is 3.96. The third-order valence-electron chi connectivity index (χ3n) is 2.16. The van der Waals surface area contributed by atoms with Crippen molar-refractivity contribution in [1.82, 2.24) is 0 Å². The summed E-state index contributed by atoms with van der Waals surface area (Å²) in [6.07, 6.45) is 2.12. The number of rotatable bonds is 0. The predicted molar refractivity (Wildman–Crippen MR) is 62.1 cm³/mol. The smallest absolute Gasteiger partial charge is 0.0201 e. The van der Waals surface area contributed by atoms with Gasteiger partial charge in [-0.2, -0.15) is 0 Å². The predicted octanol–water partition coefficient (Wildman–Crippen LogP) is 2.32. The van der Waals surface area contributed by atoms with Crippen molar-refractivity contribution in [2.75, 3.05) is 0 Å². The normalized spacial score (nSPS) is 10.5. The molecule has 1 rings (SSSR count). The molecule has 0 unspecified atom stereocenters. The van der Waals surface area contributed by atoms with E-state index in [2.05, 4.69) is 58.7 Å². The van der Waals surface area contributed by atoms with E-state index in [4.69, 9.17) is 0 Å². The molecule has 0 aliphatic rings. The van der Waals surface area contributed by atoms with Gasteiger partial charge < -0.3 is 0 Å². The molecule has 0 saturated heterocycles. The fourth-order valence-corrected chi connectivity index (χ4v) is 1.30. The van der Waals surface area contributed by atoms with E-state index in [1.807, 2.05) is 0 Å². The van der Waals surface area contributed by atoms with E-state index in [-0.39, 0.29) is 0 Å². The average Bonchev–Trinajstić information content (AvgIpc) is 2.16. The van der Waals surface area contributed by atoms with Crippen LogP contribution in [0.15, 0.2) is 25.3 Å². The molecule has 0 aliphatic carbocycles. The van der Waals surface area contributed by atoms with Crippen LogP contribution in [0, 0.1) is 13.8 Å².